The van der Waals surface area contributed by atoms with Crippen LogP contribution in [0.5, 0.6) is 0 Å². The molecule has 0 N–H and O–H groups in total. The summed E-state index contributed by atoms with van der Waals surface area (Å²) in [6.07, 6.45) is -1.14. The van der Waals surface area contributed by atoms with E-state index in [2.05, 4.69) is 28.4 Å². The Morgan fingerprint density at radius 3 is 1.75 bits per heavy atom. The van der Waals surface area contributed by atoms with Gasteiger partial charge in [-0.15, -0.1) is 0 Å². The standard InChI is InChI=1S/C49H30F3N3O2/c1-3-37(54-38-16-8-4-14-33(38)45-41(54)24-21-31-29-12-6-10-18-43(29)56-47(31)45)36(27-53-2)35-26-28(49(50,51)52)20-23-40(35)55-39-17-9-5-15-34(39)46-42(55)25-22-32-30-13-7-11-19-44(30)57-48(32)46/h3-27H,2H2,1H3/b36-27-,37-3+. The smallest absolute Gasteiger partial charge is 0.416 e. The van der Waals surface area contributed by atoms with E-state index in [1.807, 2.05) is 127 Å². The maximum absolute atomic E-state index is 14.8. The molecule has 57 heavy (non-hydrogen) atoms. The molecule has 4 heterocycles. The van der Waals surface area contributed by atoms with Gasteiger partial charge in [0.1, 0.15) is 22.3 Å². The van der Waals surface area contributed by atoms with Crippen LogP contribution in [-0.4, -0.2) is 15.9 Å². The molecule has 0 aliphatic heterocycles. The van der Waals surface area contributed by atoms with Gasteiger partial charge in [-0.2, -0.15) is 13.2 Å². The number of para-hydroxylation sites is 4. The molecule has 0 saturated carbocycles. The molecule has 0 amide bonds. The van der Waals surface area contributed by atoms with Crippen LogP contribution >= 0.6 is 0 Å². The third-order valence-electron chi connectivity index (χ3n) is 11.2. The number of hydrogen-bond acceptors (Lipinski definition) is 3. The number of hydrogen-bond donors (Lipinski definition) is 0. The van der Waals surface area contributed by atoms with Crippen LogP contribution in [0.1, 0.15) is 18.1 Å². The maximum atomic E-state index is 14.8. The van der Waals surface area contributed by atoms with Crippen LogP contribution in [-0.2, 0) is 6.18 Å². The minimum Gasteiger partial charge on any atom is -0.455 e. The first kappa shape index (κ1) is 33.1. The van der Waals surface area contributed by atoms with Crippen molar-refractivity contribution in [3.63, 3.8) is 0 Å². The van der Waals surface area contributed by atoms with E-state index in [0.29, 0.717) is 22.5 Å². The SMILES string of the molecule is C=N/C=C(\C(=C/C)n1c2ccccc2c2c3oc4ccccc4c3ccc21)c1cc(C(F)(F)F)ccc1-n1c2ccccc2c2c3oc4ccccc4c3ccc21. The number of alkyl halides is 3. The number of aliphatic imine (C=N–C) groups is 1. The van der Waals surface area contributed by atoms with Crippen molar-refractivity contribution in [2.75, 3.05) is 0 Å². The van der Waals surface area contributed by atoms with E-state index in [1.165, 1.54) is 6.07 Å². The Bertz CT molecular complexity index is 3550. The second-order valence-electron chi connectivity index (χ2n) is 14.2. The number of furan rings is 2. The monoisotopic (exact) mass is 749 g/mol. The van der Waals surface area contributed by atoms with E-state index in [9.17, 15) is 13.2 Å². The molecule has 274 valence electrons. The summed E-state index contributed by atoms with van der Waals surface area (Å²) in [5.41, 5.74) is 7.49. The van der Waals surface area contributed by atoms with Gasteiger partial charge in [-0.3, -0.25) is 4.99 Å². The van der Waals surface area contributed by atoms with E-state index >= 15 is 0 Å². The predicted octanol–water partition coefficient (Wildman–Crippen LogP) is 14.3. The molecule has 11 aromatic rings. The molecule has 0 aliphatic rings. The fourth-order valence-corrected chi connectivity index (χ4v) is 8.88. The van der Waals surface area contributed by atoms with E-state index in [4.69, 9.17) is 8.83 Å². The summed E-state index contributed by atoms with van der Waals surface area (Å²) in [6, 6.07) is 43.9. The van der Waals surface area contributed by atoms with Crippen molar-refractivity contribution < 1.29 is 22.0 Å². The zero-order valence-corrected chi connectivity index (χ0v) is 30.4. The minimum atomic E-state index is -4.61. The number of nitrogens with zero attached hydrogens (tertiary/aromatic N) is 3. The number of fused-ring (bicyclic) bond motifs is 14. The normalized spacial score (nSPS) is 13.2. The topological polar surface area (TPSA) is 48.5 Å². The van der Waals surface area contributed by atoms with Crippen molar-refractivity contribution in [3.05, 3.63) is 163 Å². The van der Waals surface area contributed by atoms with Crippen LogP contribution in [0.2, 0.25) is 0 Å². The molecule has 0 saturated heterocycles. The summed E-state index contributed by atoms with van der Waals surface area (Å²) in [4.78, 5) is 4.24. The highest BCUT2D eigenvalue weighted by Crippen LogP contribution is 2.46. The first-order chi connectivity index (χ1) is 27.9. The van der Waals surface area contributed by atoms with Crippen LogP contribution in [0.15, 0.2) is 166 Å². The van der Waals surface area contributed by atoms with Crippen LogP contribution in [0.4, 0.5) is 13.2 Å². The lowest BCUT2D eigenvalue weighted by molar-refractivity contribution is -0.137. The molecule has 7 aromatic carbocycles. The van der Waals surface area contributed by atoms with Gasteiger partial charge in [-0.05, 0) is 80.4 Å². The summed E-state index contributed by atoms with van der Waals surface area (Å²) in [7, 11) is 0. The number of halogens is 3. The van der Waals surface area contributed by atoms with Gasteiger partial charge in [-0.1, -0.05) is 78.9 Å². The Labute approximate surface area is 322 Å². The number of allylic oxidation sites excluding steroid dienone is 3. The van der Waals surface area contributed by atoms with Crippen molar-refractivity contribution in [3.8, 4) is 5.69 Å². The minimum absolute atomic E-state index is 0.327. The Kier molecular flexibility index (Phi) is 7.01. The fourth-order valence-electron chi connectivity index (χ4n) is 8.88. The fraction of sp³-hybridized carbons (Fsp3) is 0.0408. The van der Waals surface area contributed by atoms with Crippen LogP contribution in [0, 0.1) is 0 Å². The number of benzene rings is 7. The van der Waals surface area contributed by atoms with Crippen LogP contribution in [0.3, 0.4) is 0 Å². The molecule has 0 fully saturated rings. The molecular formula is C49H30F3N3O2. The number of aromatic nitrogens is 2. The lowest BCUT2D eigenvalue weighted by atomic mass is 9.97. The van der Waals surface area contributed by atoms with Crippen molar-refractivity contribution in [1.29, 1.82) is 0 Å². The van der Waals surface area contributed by atoms with Crippen LogP contribution in [0.25, 0.3) is 104 Å². The summed E-state index contributed by atoms with van der Waals surface area (Å²) < 4.78 is 61.5. The molecule has 0 radical (unpaired) electrons. The highest BCUT2D eigenvalue weighted by Gasteiger charge is 2.33. The van der Waals surface area contributed by atoms with Gasteiger partial charge in [-0.25, -0.2) is 0 Å². The van der Waals surface area contributed by atoms with Gasteiger partial charge < -0.3 is 18.0 Å². The zero-order valence-electron chi connectivity index (χ0n) is 30.4. The van der Waals surface area contributed by atoms with Gasteiger partial charge in [0.2, 0.25) is 0 Å². The molecule has 0 spiro atoms. The highest BCUT2D eigenvalue weighted by atomic mass is 19.4. The lowest BCUT2D eigenvalue weighted by Crippen LogP contribution is -2.09. The molecule has 5 nitrogen and oxygen atoms in total. The third-order valence-corrected chi connectivity index (χ3v) is 11.2. The van der Waals surface area contributed by atoms with Crippen molar-refractivity contribution in [2.45, 2.75) is 13.1 Å². The quantitative estimate of drug-likeness (QED) is 0.130. The summed E-state index contributed by atoms with van der Waals surface area (Å²) in [5.74, 6) is 0. The molecular weight excluding hydrogens is 720 g/mol. The van der Waals surface area contributed by atoms with Gasteiger partial charge in [0.05, 0.1) is 49.8 Å². The first-order valence-corrected chi connectivity index (χ1v) is 18.6. The third kappa shape index (κ3) is 4.67. The van der Waals surface area contributed by atoms with E-state index in [1.54, 1.807) is 12.3 Å². The molecule has 0 unspecified atom stereocenters. The first-order valence-electron chi connectivity index (χ1n) is 18.6. The molecule has 11 rings (SSSR count). The molecule has 4 aromatic heterocycles. The zero-order chi connectivity index (χ0) is 38.6. The maximum Gasteiger partial charge on any atom is 0.416 e. The average molecular weight is 750 g/mol. The van der Waals surface area contributed by atoms with E-state index in [-0.39, 0.29) is 0 Å². The molecule has 8 heteroatoms. The van der Waals surface area contributed by atoms with Gasteiger partial charge in [0.15, 0.2) is 0 Å². The van der Waals surface area contributed by atoms with Crippen molar-refractivity contribution in [1.82, 2.24) is 9.13 Å². The Morgan fingerprint density at radius 1 is 0.596 bits per heavy atom. The molecule has 0 aliphatic carbocycles. The summed E-state index contributed by atoms with van der Waals surface area (Å²) >= 11 is 0. The van der Waals surface area contributed by atoms with Gasteiger partial charge in [0.25, 0.3) is 0 Å². The second-order valence-corrected chi connectivity index (χ2v) is 14.2. The molecule has 0 bridgehead atoms. The van der Waals surface area contributed by atoms with E-state index < -0.39 is 11.7 Å². The largest absolute Gasteiger partial charge is 0.455 e. The second kappa shape index (κ2) is 12.1. The predicted molar refractivity (Wildman–Crippen MR) is 227 cm³/mol. The number of rotatable bonds is 5. The van der Waals surface area contributed by atoms with E-state index in [0.717, 1.165) is 93.6 Å². The highest BCUT2D eigenvalue weighted by molar-refractivity contribution is 6.26. The lowest BCUT2D eigenvalue weighted by Gasteiger charge is -2.21. The Hall–Kier alpha value is -7.32. The van der Waals surface area contributed by atoms with Gasteiger partial charge in [0, 0.05) is 49.7 Å². The van der Waals surface area contributed by atoms with Gasteiger partial charge >= 0.3 is 6.18 Å². The molecule has 0 atom stereocenters. The summed E-state index contributed by atoms with van der Waals surface area (Å²) in [5, 5.41) is 7.60. The average Bonchev–Trinajstić information content (AvgIpc) is 3.98. The Morgan fingerprint density at radius 2 is 1.14 bits per heavy atom. The van der Waals surface area contributed by atoms with Crippen molar-refractivity contribution >= 4 is 105 Å². The summed E-state index contributed by atoms with van der Waals surface area (Å²) in [6.45, 7) is 5.70. The Balaban J connectivity index is 1.22. The van der Waals surface area contributed by atoms with Crippen LogP contribution < -0.4 is 0 Å². The van der Waals surface area contributed by atoms with Crippen molar-refractivity contribution in [2.24, 2.45) is 4.99 Å².